The number of pyridine rings is 1. The third-order valence-corrected chi connectivity index (χ3v) is 3.62. The number of aromatic nitrogens is 3. The van der Waals surface area contributed by atoms with Crippen LogP contribution in [0.4, 0.5) is 0 Å². The molecular formula is C13H16N4O. The van der Waals surface area contributed by atoms with E-state index in [4.69, 9.17) is 4.74 Å². The van der Waals surface area contributed by atoms with E-state index < -0.39 is 0 Å². The van der Waals surface area contributed by atoms with Gasteiger partial charge in [-0.2, -0.15) is 5.10 Å². The molecule has 0 amide bonds. The normalized spacial score (nSPS) is 20.4. The molecule has 0 aromatic carbocycles. The zero-order valence-electron chi connectivity index (χ0n) is 10.6. The Balaban J connectivity index is 2.18. The van der Waals surface area contributed by atoms with Crippen molar-refractivity contribution in [2.75, 3.05) is 20.7 Å². The third kappa shape index (κ3) is 1.71. The van der Waals surface area contributed by atoms with Crippen LogP contribution in [0.25, 0.3) is 10.9 Å². The highest BCUT2D eigenvalue weighted by Crippen LogP contribution is 2.35. The van der Waals surface area contributed by atoms with Gasteiger partial charge < -0.3 is 4.74 Å². The Labute approximate surface area is 106 Å². The molecule has 2 aromatic heterocycles. The zero-order valence-corrected chi connectivity index (χ0v) is 10.6. The fourth-order valence-corrected chi connectivity index (χ4v) is 2.69. The van der Waals surface area contributed by atoms with Crippen molar-refractivity contribution < 1.29 is 4.74 Å². The van der Waals surface area contributed by atoms with Gasteiger partial charge in [-0.15, -0.1) is 5.10 Å². The van der Waals surface area contributed by atoms with Crippen molar-refractivity contribution in [1.29, 1.82) is 0 Å². The van der Waals surface area contributed by atoms with Gasteiger partial charge in [0.25, 0.3) is 0 Å². The standard InChI is InChI=1S/C13H16N4O/c1-17-7-3-4-11(17)10-8-14-13(18-2)9-5-6-15-16-12(9)10/h5-6,8,11H,3-4,7H2,1-2H3/t11-/m0/s1. The van der Waals surface area contributed by atoms with Crippen LogP contribution in [0.15, 0.2) is 18.5 Å². The quantitative estimate of drug-likeness (QED) is 0.806. The Kier molecular flexibility index (Phi) is 2.83. The Bertz CT molecular complexity index is 572. The van der Waals surface area contributed by atoms with Crippen molar-refractivity contribution in [2.24, 2.45) is 0 Å². The van der Waals surface area contributed by atoms with Crippen LogP contribution in [0, 0.1) is 0 Å². The van der Waals surface area contributed by atoms with Gasteiger partial charge in [-0.25, -0.2) is 4.98 Å². The minimum absolute atomic E-state index is 0.391. The molecule has 18 heavy (non-hydrogen) atoms. The number of nitrogens with zero attached hydrogens (tertiary/aromatic N) is 4. The van der Waals surface area contributed by atoms with Crippen molar-refractivity contribution in [3.8, 4) is 5.88 Å². The van der Waals surface area contributed by atoms with Crippen LogP contribution in [-0.4, -0.2) is 40.8 Å². The molecule has 0 N–H and O–H groups in total. The Morgan fingerprint density at radius 2 is 2.33 bits per heavy atom. The van der Waals surface area contributed by atoms with Gasteiger partial charge >= 0.3 is 0 Å². The van der Waals surface area contributed by atoms with Gasteiger partial charge in [-0.05, 0) is 32.5 Å². The van der Waals surface area contributed by atoms with E-state index in [1.165, 1.54) is 6.42 Å². The maximum Gasteiger partial charge on any atom is 0.222 e. The lowest BCUT2D eigenvalue weighted by atomic mass is 10.0. The number of hydrogen-bond acceptors (Lipinski definition) is 5. The fraction of sp³-hybridized carbons (Fsp3) is 0.462. The fourth-order valence-electron chi connectivity index (χ4n) is 2.69. The summed E-state index contributed by atoms with van der Waals surface area (Å²) in [7, 11) is 3.77. The highest BCUT2D eigenvalue weighted by atomic mass is 16.5. The molecule has 94 valence electrons. The Morgan fingerprint density at radius 3 is 3.06 bits per heavy atom. The third-order valence-electron chi connectivity index (χ3n) is 3.62. The van der Waals surface area contributed by atoms with Gasteiger partial charge in [0.1, 0.15) is 5.52 Å². The SMILES string of the molecule is COc1ncc([C@@H]2CCCN2C)c2nnccc12. The van der Waals surface area contributed by atoms with E-state index in [-0.39, 0.29) is 0 Å². The Hall–Kier alpha value is -1.75. The van der Waals surface area contributed by atoms with Crippen molar-refractivity contribution >= 4 is 10.9 Å². The second kappa shape index (κ2) is 4.49. The average molecular weight is 244 g/mol. The molecule has 3 rings (SSSR count). The van der Waals surface area contributed by atoms with Crippen molar-refractivity contribution in [3.05, 3.63) is 24.0 Å². The molecule has 1 saturated heterocycles. The zero-order chi connectivity index (χ0) is 12.5. The largest absolute Gasteiger partial charge is 0.481 e. The topological polar surface area (TPSA) is 51.1 Å². The number of likely N-dealkylation sites (tertiary alicyclic amines) is 1. The maximum atomic E-state index is 5.28. The first-order valence-electron chi connectivity index (χ1n) is 6.16. The first-order chi connectivity index (χ1) is 8.81. The number of hydrogen-bond donors (Lipinski definition) is 0. The van der Waals surface area contributed by atoms with E-state index in [1.54, 1.807) is 13.3 Å². The van der Waals surface area contributed by atoms with Crippen LogP contribution in [0.1, 0.15) is 24.4 Å². The number of ether oxygens (including phenoxy) is 1. The van der Waals surface area contributed by atoms with E-state index in [1.807, 2.05) is 12.3 Å². The smallest absolute Gasteiger partial charge is 0.222 e. The molecule has 3 heterocycles. The predicted octanol–water partition coefficient (Wildman–Crippen LogP) is 1.80. The van der Waals surface area contributed by atoms with Crippen molar-refractivity contribution in [1.82, 2.24) is 20.1 Å². The minimum Gasteiger partial charge on any atom is -0.481 e. The first kappa shape index (κ1) is 11.3. The van der Waals surface area contributed by atoms with E-state index in [0.29, 0.717) is 11.9 Å². The molecule has 0 bridgehead atoms. The second-order valence-electron chi connectivity index (χ2n) is 4.65. The molecule has 5 nitrogen and oxygen atoms in total. The lowest BCUT2D eigenvalue weighted by Gasteiger charge is -2.20. The highest BCUT2D eigenvalue weighted by molar-refractivity contribution is 5.85. The highest BCUT2D eigenvalue weighted by Gasteiger charge is 2.26. The van der Waals surface area contributed by atoms with Gasteiger partial charge in [-0.1, -0.05) is 0 Å². The lowest BCUT2D eigenvalue weighted by molar-refractivity contribution is 0.317. The molecule has 1 fully saturated rings. The molecule has 0 aliphatic carbocycles. The van der Waals surface area contributed by atoms with Gasteiger partial charge in [0.2, 0.25) is 5.88 Å². The molecule has 0 spiro atoms. The summed E-state index contributed by atoms with van der Waals surface area (Å²) in [6.07, 6.45) is 5.92. The van der Waals surface area contributed by atoms with E-state index in [2.05, 4.69) is 27.1 Å². The van der Waals surface area contributed by atoms with Crippen LogP contribution >= 0.6 is 0 Å². The molecule has 5 heteroatoms. The van der Waals surface area contributed by atoms with Crippen LogP contribution in [0.3, 0.4) is 0 Å². The molecular weight excluding hydrogens is 228 g/mol. The van der Waals surface area contributed by atoms with Crippen LogP contribution in [-0.2, 0) is 0 Å². The summed E-state index contributed by atoms with van der Waals surface area (Å²) in [6, 6.07) is 2.30. The summed E-state index contributed by atoms with van der Waals surface area (Å²) in [5, 5.41) is 9.20. The maximum absolute atomic E-state index is 5.28. The van der Waals surface area contributed by atoms with E-state index in [9.17, 15) is 0 Å². The van der Waals surface area contributed by atoms with E-state index in [0.717, 1.165) is 29.4 Å². The summed E-state index contributed by atoms with van der Waals surface area (Å²) in [6.45, 7) is 1.12. The number of rotatable bonds is 2. The predicted molar refractivity (Wildman–Crippen MR) is 68.5 cm³/mol. The summed E-state index contributed by atoms with van der Waals surface area (Å²) < 4.78 is 5.28. The molecule has 0 radical (unpaired) electrons. The molecule has 2 aromatic rings. The van der Waals surface area contributed by atoms with Crippen molar-refractivity contribution in [3.63, 3.8) is 0 Å². The monoisotopic (exact) mass is 244 g/mol. The van der Waals surface area contributed by atoms with Crippen LogP contribution in [0.5, 0.6) is 5.88 Å². The average Bonchev–Trinajstić information content (AvgIpc) is 2.83. The molecule has 0 saturated carbocycles. The molecule has 1 aliphatic heterocycles. The summed E-state index contributed by atoms with van der Waals surface area (Å²) >= 11 is 0. The second-order valence-corrected chi connectivity index (χ2v) is 4.65. The summed E-state index contributed by atoms with van der Waals surface area (Å²) in [5.74, 6) is 0.615. The van der Waals surface area contributed by atoms with Crippen LogP contribution in [0.2, 0.25) is 0 Å². The van der Waals surface area contributed by atoms with Gasteiger partial charge in [0, 0.05) is 17.8 Å². The first-order valence-corrected chi connectivity index (χ1v) is 6.16. The number of methoxy groups -OCH3 is 1. The van der Waals surface area contributed by atoms with Gasteiger partial charge in [-0.3, -0.25) is 4.90 Å². The lowest BCUT2D eigenvalue weighted by Crippen LogP contribution is -2.18. The Morgan fingerprint density at radius 1 is 1.44 bits per heavy atom. The number of fused-ring (bicyclic) bond motifs is 1. The summed E-state index contributed by atoms with van der Waals surface area (Å²) in [4.78, 5) is 6.73. The van der Waals surface area contributed by atoms with Crippen molar-refractivity contribution in [2.45, 2.75) is 18.9 Å². The van der Waals surface area contributed by atoms with E-state index >= 15 is 0 Å². The molecule has 1 aliphatic rings. The molecule has 1 atom stereocenters. The van der Waals surface area contributed by atoms with Crippen LogP contribution < -0.4 is 4.74 Å². The van der Waals surface area contributed by atoms with Gasteiger partial charge in [0.15, 0.2) is 0 Å². The minimum atomic E-state index is 0.391. The molecule has 0 unspecified atom stereocenters. The summed E-state index contributed by atoms with van der Waals surface area (Å²) in [5.41, 5.74) is 2.06. The van der Waals surface area contributed by atoms with Gasteiger partial charge in [0.05, 0.1) is 18.7 Å².